The molecule has 0 unspecified atom stereocenters. The summed E-state index contributed by atoms with van der Waals surface area (Å²) < 4.78 is 5.55. The maximum Gasteiger partial charge on any atom is 0.191 e. The van der Waals surface area contributed by atoms with Gasteiger partial charge < -0.3 is 15.4 Å². The Morgan fingerprint density at radius 1 is 1.08 bits per heavy atom. The van der Waals surface area contributed by atoms with Crippen molar-refractivity contribution < 1.29 is 4.74 Å². The summed E-state index contributed by atoms with van der Waals surface area (Å²) in [5.74, 6) is 1.000. The number of nitrogens with one attached hydrogen (secondary N) is 2. The summed E-state index contributed by atoms with van der Waals surface area (Å²) in [6, 6.07) is 0.619. The minimum absolute atomic E-state index is 0. The molecule has 0 atom stereocenters. The highest BCUT2D eigenvalue weighted by Crippen LogP contribution is 2.36. The zero-order chi connectivity index (χ0) is 16.8. The molecule has 0 amide bonds. The molecule has 0 spiro atoms. The Labute approximate surface area is 170 Å². The normalized spacial score (nSPS) is 25.8. The highest BCUT2D eigenvalue weighted by atomic mass is 127. The number of hydrogen-bond acceptors (Lipinski definition) is 3. The third kappa shape index (κ3) is 5.45. The van der Waals surface area contributed by atoms with Crippen LogP contribution in [0.25, 0.3) is 0 Å². The molecule has 1 aliphatic heterocycles. The molecule has 5 nitrogen and oxygen atoms in total. The van der Waals surface area contributed by atoms with Gasteiger partial charge in [0, 0.05) is 45.4 Å². The Morgan fingerprint density at radius 3 is 2.28 bits per heavy atom. The first kappa shape index (κ1) is 21.2. The topological polar surface area (TPSA) is 48.9 Å². The lowest BCUT2D eigenvalue weighted by Crippen LogP contribution is -2.58. The molecule has 1 heterocycles. The molecule has 0 radical (unpaired) electrons. The van der Waals surface area contributed by atoms with Crippen LogP contribution in [-0.2, 0) is 4.74 Å². The average molecular weight is 464 g/mol. The Kier molecular flexibility index (Phi) is 8.75. The van der Waals surface area contributed by atoms with Crippen molar-refractivity contribution in [2.45, 2.75) is 81.9 Å². The summed E-state index contributed by atoms with van der Waals surface area (Å²) >= 11 is 0. The molecule has 3 rings (SSSR count). The van der Waals surface area contributed by atoms with E-state index < -0.39 is 0 Å². The van der Waals surface area contributed by atoms with Crippen molar-refractivity contribution >= 4 is 29.9 Å². The van der Waals surface area contributed by atoms with Crippen LogP contribution in [0.1, 0.15) is 64.2 Å². The molecule has 6 heteroatoms. The second-order valence-corrected chi connectivity index (χ2v) is 7.91. The van der Waals surface area contributed by atoms with Gasteiger partial charge >= 0.3 is 0 Å². The summed E-state index contributed by atoms with van der Waals surface area (Å²) in [6.45, 7) is 3.38. The molecular weight excluding hydrogens is 427 g/mol. The van der Waals surface area contributed by atoms with Gasteiger partial charge in [-0.3, -0.25) is 9.89 Å². The molecule has 3 aliphatic rings. The van der Waals surface area contributed by atoms with Crippen LogP contribution in [0.5, 0.6) is 0 Å². The Bertz CT molecular complexity index is 412. The van der Waals surface area contributed by atoms with E-state index in [2.05, 4.69) is 20.5 Å². The van der Waals surface area contributed by atoms with Crippen LogP contribution in [0.4, 0.5) is 0 Å². The molecule has 0 aromatic heterocycles. The van der Waals surface area contributed by atoms with Crippen molar-refractivity contribution in [1.82, 2.24) is 15.5 Å². The molecule has 0 aromatic rings. The van der Waals surface area contributed by atoms with Gasteiger partial charge in [0.05, 0.1) is 6.10 Å². The van der Waals surface area contributed by atoms with E-state index in [-0.39, 0.29) is 24.0 Å². The number of hydrogen-bond donors (Lipinski definition) is 2. The highest BCUT2D eigenvalue weighted by molar-refractivity contribution is 14.0. The van der Waals surface area contributed by atoms with E-state index >= 15 is 0 Å². The van der Waals surface area contributed by atoms with Crippen LogP contribution in [-0.4, -0.2) is 62.3 Å². The van der Waals surface area contributed by atoms with Gasteiger partial charge in [-0.2, -0.15) is 0 Å². The predicted molar refractivity (Wildman–Crippen MR) is 115 cm³/mol. The second kappa shape index (κ2) is 10.3. The molecular formula is C19H37IN4O. The lowest BCUT2D eigenvalue weighted by Gasteiger charge is -2.45. The van der Waals surface area contributed by atoms with Crippen molar-refractivity contribution in [1.29, 1.82) is 0 Å². The van der Waals surface area contributed by atoms with Crippen molar-refractivity contribution in [2.24, 2.45) is 4.99 Å². The number of nitrogens with zero attached hydrogens (tertiary/aromatic N) is 2. The predicted octanol–water partition coefficient (Wildman–Crippen LogP) is 3.14. The highest BCUT2D eigenvalue weighted by Gasteiger charge is 2.41. The zero-order valence-corrected chi connectivity index (χ0v) is 18.4. The molecule has 3 fully saturated rings. The average Bonchev–Trinajstić information content (AvgIpc) is 3.31. The maximum absolute atomic E-state index is 5.55. The van der Waals surface area contributed by atoms with Crippen LogP contribution in [0, 0.1) is 0 Å². The maximum atomic E-state index is 5.55. The number of ether oxygens (including phenoxy) is 1. The summed E-state index contributed by atoms with van der Waals surface area (Å²) in [7, 11) is 3.75. The largest absolute Gasteiger partial charge is 0.381 e. The van der Waals surface area contributed by atoms with Crippen molar-refractivity contribution in [3.8, 4) is 0 Å². The van der Waals surface area contributed by atoms with Gasteiger partial charge in [0.15, 0.2) is 5.96 Å². The van der Waals surface area contributed by atoms with Crippen LogP contribution in [0.15, 0.2) is 4.99 Å². The fourth-order valence-corrected chi connectivity index (χ4v) is 4.91. The van der Waals surface area contributed by atoms with E-state index in [1.807, 2.05) is 14.2 Å². The van der Waals surface area contributed by atoms with Crippen LogP contribution >= 0.6 is 24.0 Å². The fraction of sp³-hybridized carbons (Fsp3) is 0.947. The summed E-state index contributed by atoms with van der Waals surface area (Å²) in [4.78, 5) is 7.21. The SMILES string of the molecule is CN=C(NCC1(N2CCC(OC)CC2)CCCC1)NC1CCCC1.I. The lowest BCUT2D eigenvalue weighted by atomic mass is 9.91. The van der Waals surface area contributed by atoms with E-state index in [0.29, 0.717) is 17.7 Å². The Morgan fingerprint density at radius 2 is 1.72 bits per heavy atom. The first-order valence-corrected chi connectivity index (χ1v) is 10.0. The van der Waals surface area contributed by atoms with E-state index in [4.69, 9.17) is 4.74 Å². The quantitative estimate of drug-likeness (QED) is 0.373. The monoisotopic (exact) mass is 464 g/mol. The first-order valence-electron chi connectivity index (χ1n) is 10.0. The minimum atomic E-state index is 0. The van der Waals surface area contributed by atoms with Gasteiger partial charge in [0.1, 0.15) is 0 Å². The zero-order valence-electron chi connectivity index (χ0n) is 16.1. The first-order chi connectivity index (χ1) is 11.8. The van der Waals surface area contributed by atoms with Gasteiger partial charge in [-0.1, -0.05) is 25.7 Å². The van der Waals surface area contributed by atoms with Gasteiger partial charge in [-0.25, -0.2) is 0 Å². The van der Waals surface area contributed by atoms with Crippen molar-refractivity contribution in [3.63, 3.8) is 0 Å². The van der Waals surface area contributed by atoms with Crippen molar-refractivity contribution in [2.75, 3.05) is 33.8 Å². The van der Waals surface area contributed by atoms with E-state index in [9.17, 15) is 0 Å². The minimum Gasteiger partial charge on any atom is -0.381 e. The summed E-state index contributed by atoms with van der Waals surface area (Å²) in [5, 5.41) is 7.29. The van der Waals surface area contributed by atoms with Crippen molar-refractivity contribution in [3.05, 3.63) is 0 Å². The molecule has 146 valence electrons. The number of rotatable bonds is 5. The fourth-order valence-electron chi connectivity index (χ4n) is 4.91. The van der Waals surface area contributed by atoms with Gasteiger partial charge in [0.2, 0.25) is 0 Å². The number of methoxy groups -OCH3 is 1. The number of aliphatic imine (C=N–C) groups is 1. The van der Waals surface area contributed by atoms with Gasteiger partial charge in [-0.05, 0) is 38.5 Å². The summed E-state index contributed by atoms with van der Waals surface area (Å²) in [5.41, 5.74) is 0.325. The number of likely N-dealkylation sites (tertiary alicyclic amines) is 1. The van der Waals surface area contributed by atoms with E-state index in [0.717, 1.165) is 12.5 Å². The number of guanidine groups is 1. The third-order valence-electron chi connectivity index (χ3n) is 6.48. The Balaban J connectivity index is 0.00000225. The van der Waals surface area contributed by atoms with Gasteiger partial charge in [0.25, 0.3) is 0 Å². The standard InChI is InChI=1S/C19H36N4O.HI/c1-20-18(22-16-7-3-4-8-16)21-15-19(11-5-6-12-19)23-13-9-17(24-2)10-14-23;/h16-17H,3-15H2,1-2H3,(H2,20,21,22);1H. The lowest BCUT2D eigenvalue weighted by molar-refractivity contribution is -0.00164. The molecule has 2 saturated carbocycles. The van der Waals surface area contributed by atoms with Crippen LogP contribution < -0.4 is 10.6 Å². The molecule has 0 aromatic carbocycles. The second-order valence-electron chi connectivity index (χ2n) is 7.91. The molecule has 2 aliphatic carbocycles. The smallest absolute Gasteiger partial charge is 0.191 e. The molecule has 2 N–H and O–H groups in total. The third-order valence-corrected chi connectivity index (χ3v) is 6.48. The molecule has 1 saturated heterocycles. The van der Waals surface area contributed by atoms with Crippen LogP contribution in [0.2, 0.25) is 0 Å². The molecule has 0 bridgehead atoms. The number of halogens is 1. The number of piperidine rings is 1. The van der Waals surface area contributed by atoms with Gasteiger partial charge in [-0.15, -0.1) is 24.0 Å². The Hall–Kier alpha value is -0.0800. The molecule has 25 heavy (non-hydrogen) atoms. The van der Waals surface area contributed by atoms with E-state index in [1.54, 1.807) is 0 Å². The van der Waals surface area contributed by atoms with E-state index in [1.165, 1.54) is 77.3 Å². The summed E-state index contributed by atoms with van der Waals surface area (Å²) in [6.07, 6.45) is 13.5. The van der Waals surface area contributed by atoms with Crippen LogP contribution in [0.3, 0.4) is 0 Å².